The second-order valence-corrected chi connectivity index (χ2v) is 6.68. The largest absolute Gasteiger partial charge is 0.386 e. The molecule has 0 amide bonds. The summed E-state index contributed by atoms with van der Waals surface area (Å²) in [6.07, 6.45) is -1.57. The summed E-state index contributed by atoms with van der Waals surface area (Å²) in [4.78, 5) is 4.13. The zero-order valence-electron chi connectivity index (χ0n) is 13.7. The van der Waals surface area contributed by atoms with Crippen molar-refractivity contribution in [1.29, 1.82) is 0 Å². The molecule has 134 valence electrons. The first-order chi connectivity index (χ1) is 11.6. The lowest BCUT2D eigenvalue weighted by Gasteiger charge is -2.22. The number of ether oxygens (including phenoxy) is 1. The van der Waals surface area contributed by atoms with Crippen LogP contribution in [0.1, 0.15) is 37.6 Å². The standard InChI is InChI=1S/C18H17F4NO2/c1-17(2,24)12-7-13(14-8-18(21,22)9-25-14)23-16(15(12)20)10-3-5-11(19)6-4-10/h3-7,14,24H,8-9H2,1-2H3. The Labute approximate surface area is 142 Å². The summed E-state index contributed by atoms with van der Waals surface area (Å²) in [5.74, 6) is -4.26. The van der Waals surface area contributed by atoms with Crippen LogP contribution in [0.25, 0.3) is 11.3 Å². The van der Waals surface area contributed by atoms with Gasteiger partial charge in [0, 0.05) is 17.5 Å². The van der Waals surface area contributed by atoms with Gasteiger partial charge in [-0.2, -0.15) is 0 Å². The van der Waals surface area contributed by atoms with E-state index in [9.17, 15) is 22.7 Å². The molecule has 1 aromatic carbocycles. The Kier molecular flexibility index (Phi) is 4.33. The highest BCUT2D eigenvalue weighted by Gasteiger charge is 2.42. The van der Waals surface area contributed by atoms with E-state index in [2.05, 4.69) is 4.98 Å². The van der Waals surface area contributed by atoms with Crippen LogP contribution in [0.3, 0.4) is 0 Å². The maximum absolute atomic E-state index is 14.9. The van der Waals surface area contributed by atoms with Crippen molar-refractivity contribution >= 4 is 0 Å². The lowest BCUT2D eigenvalue weighted by atomic mass is 9.94. The fraction of sp³-hybridized carbons (Fsp3) is 0.389. The summed E-state index contributed by atoms with van der Waals surface area (Å²) in [6.45, 7) is 2.03. The van der Waals surface area contributed by atoms with Crippen molar-refractivity contribution in [3.05, 3.63) is 53.2 Å². The Bertz CT molecular complexity index is 785. The van der Waals surface area contributed by atoms with Crippen LogP contribution >= 0.6 is 0 Å². The molecule has 2 aromatic rings. The molecule has 0 radical (unpaired) electrons. The van der Waals surface area contributed by atoms with Gasteiger partial charge in [0.05, 0.1) is 11.3 Å². The average molecular weight is 355 g/mol. The number of benzene rings is 1. The number of halogens is 4. The van der Waals surface area contributed by atoms with Crippen molar-refractivity contribution in [2.45, 2.75) is 37.9 Å². The topological polar surface area (TPSA) is 42.4 Å². The normalized spacial score (nSPS) is 20.0. The van der Waals surface area contributed by atoms with Crippen LogP contribution in [-0.4, -0.2) is 22.6 Å². The lowest BCUT2D eigenvalue weighted by Crippen LogP contribution is -2.20. The van der Waals surface area contributed by atoms with E-state index in [4.69, 9.17) is 4.74 Å². The molecule has 7 heteroatoms. The highest BCUT2D eigenvalue weighted by Crippen LogP contribution is 2.40. The smallest absolute Gasteiger partial charge is 0.273 e. The molecule has 1 atom stereocenters. The third-order valence-electron chi connectivity index (χ3n) is 4.06. The molecule has 3 rings (SSSR count). The van der Waals surface area contributed by atoms with Gasteiger partial charge in [0.1, 0.15) is 24.2 Å². The number of hydrogen-bond acceptors (Lipinski definition) is 3. The van der Waals surface area contributed by atoms with E-state index in [1.807, 2.05) is 0 Å². The van der Waals surface area contributed by atoms with Gasteiger partial charge in [-0.05, 0) is 44.2 Å². The number of alkyl halides is 2. The SMILES string of the molecule is CC(C)(O)c1cc(C2CC(F)(F)CO2)nc(-c2ccc(F)cc2)c1F. The fourth-order valence-electron chi connectivity index (χ4n) is 2.76. The van der Waals surface area contributed by atoms with Crippen LogP contribution < -0.4 is 0 Å². The fourth-order valence-corrected chi connectivity index (χ4v) is 2.76. The number of rotatable bonds is 3. The van der Waals surface area contributed by atoms with E-state index in [1.165, 1.54) is 32.0 Å². The van der Waals surface area contributed by atoms with Gasteiger partial charge in [0.15, 0.2) is 5.82 Å². The zero-order valence-corrected chi connectivity index (χ0v) is 13.7. The summed E-state index contributed by atoms with van der Waals surface area (Å²) in [5.41, 5.74) is -1.41. The Morgan fingerprint density at radius 2 is 1.84 bits per heavy atom. The monoisotopic (exact) mass is 355 g/mol. The zero-order chi connectivity index (χ0) is 18.4. The molecule has 2 heterocycles. The summed E-state index contributed by atoms with van der Waals surface area (Å²) in [6, 6.07) is 6.21. The van der Waals surface area contributed by atoms with Gasteiger partial charge in [-0.25, -0.2) is 22.5 Å². The lowest BCUT2D eigenvalue weighted by molar-refractivity contribution is -0.0103. The number of aromatic nitrogens is 1. The van der Waals surface area contributed by atoms with E-state index >= 15 is 0 Å². The van der Waals surface area contributed by atoms with Crippen molar-refractivity contribution < 1.29 is 27.4 Å². The molecule has 1 unspecified atom stereocenters. The maximum Gasteiger partial charge on any atom is 0.273 e. The number of nitrogens with zero attached hydrogens (tertiary/aromatic N) is 1. The van der Waals surface area contributed by atoms with Gasteiger partial charge in [-0.1, -0.05) is 0 Å². The molecular weight excluding hydrogens is 338 g/mol. The summed E-state index contributed by atoms with van der Waals surface area (Å²) >= 11 is 0. The van der Waals surface area contributed by atoms with Crippen molar-refractivity contribution in [1.82, 2.24) is 4.98 Å². The Morgan fingerprint density at radius 1 is 1.20 bits per heavy atom. The van der Waals surface area contributed by atoms with Gasteiger partial charge in [-0.3, -0.25) is 0 Å². The molecule has 1 N–H and O–H groups in total. The molecule has 0 saturated carbocycles. The average Bonchev–Trinajstić information content (AvgIpc) is 2.87. The van der Waals surface area contributed by atoms with E-state index in [1.54, 1.807) is 0 Å². The van der Waals surface area contributed by atoms with Gasteiger partial charge < -0.3 is 9.84 Å². The predicted octanol–water partition coefficient (Wildman–Crippen LogP) is 4.35. The van der Waals surface area contributed by atoms with Crippen molar-refractivity contribution in [3.63, 3.8) is 0 Å². The Morgan fingerprint density at radius 3 is 2.36 bits per heavy atom. The van der Waals surface area contributed by atoms with Crippen LogP contribution in [0.2, 0.25) is 0 Å². The molecule has 1 aliphatic rings. The maximum atomic E-state index is 14.9. The summed E-state index contributed by atoms with van der Waals surface area (Å²) in [5, 5.41) is 10.2. The summed E-state index contributed by atoms with van der Waals surface area (Å²) < 4.78 is 60.0. The van der Waals surface area contributed by atoms with E-state index in [0.717, 1.165) is 12.1 Å². The minimum absolute atomic E-state index is 0.0874. The van der Waals surface area contributed by atoms with Gasteiger partial charge in [0.25, 0.3) is 5.92 Å². The van der Waals surface area contributed by atoms with Crippen LogP contribution in [0, 0.1) is 11.6 Å². The molecule has 3 nitrogen and oxygen atoms in total. The first-order valence-corrected chi connectivity index (χ1v) is 7.75. The molecule has 1 aliphatic heterocycles. The number of hydrogen-bond donors (Lipinski definition) is 1. The third kappa shape index (κ3) is 3.67. The van der Waals surface area contributed by atoms with E-state index < -0.39 is 42.3 Å². The Hall–Kier alpha value is -1.99. The quantitative estimate of drug-likeness (QED) is 0.833. The molecule has 1 aromatic heterocycles. The molecule has 1 saturated heterocycles. The first-order valence-electron chi connectivity index (χ1n) is 7.75. The van der Waals surface area contributed by atoms with Crippen LogP contribution in [0.4, 0.5) is 17.6 Å². The van der Waals surface area contributed by atoms with Gasteiger partial charge >= 0.3 is 0 Å². The van der Waals surface area contributed by atoms with Crippen molar-refractivity contribution in [2.75, 3.05) is 6.61 Å². The first kappa shape index (κ1) is 17.8. The highest BCUT2D eigenvalue weighted by atomic mass is 19.3. The molecule has 0 aliphatic carbocycles. The number of pyridine rings is 1. The van der Waals surface area contributed by atoms with Crippen molar-refractivity contribution in [2.24, 2.45) is 0 Å². The minimum atomic E-state index is -2.98. The third-order valence-corrected chi connectivity index (χ3v) is 4.06. The highest BCUT2D eigenvalue weighted by molar-refractivity contribution is 5.61. The number of aliphatic hydroxyl groups is 1. The molecular formula is C18H17F4NO2. The second kappa shape index (κ2) is 6.07. The predicted molar refractivity (Wildman–Crippen MR) is 83.1 cm³/mol. The second-order valence-electron chi connectivity index (χ2n) is 6.68. The van der Waals surface area contributed by atoms with E-state index in [0.29, 0.717) is 0 Å². The molecule has 25 heavy (non-hydrogen) atoms. The molecule has 1 fully saturated rings. The molecule has 0 spiro atoms. The minimum Gasteiger partial charge on any atom is -0.386 e. The van der Waals surface area contributed by atoms with Crippen molar-refractivity contribution in [3.8, 4) is 11.3 Å². The van der Waals surface area contributed by atoms with Crippen LogP contribution in [0.15, 0.2) is 30.3 Å². The van der Waals surface area contributed by atoms with Gasteiger partial charge in [-0.15, -0.1) is 0 Å². The van der Waals surface area contributed by atoms with E-state index in [-0.39, 0.29) is 22.5 Å². The van der Waals surface area contributed by atoms with Gasteiger partial charge in [0.2, 0.25) is 0 Å². The van der Waals surface area contributed by atoms with Crippen LogP contribution in [0.5, 0.6) is 0 Å². The molecule has 0 bridgehead atoms. The Balaban J connectivity index is 2.14. The summed E-state index contributed by atoms with van der Waals surface area (Å²) in [7, 11) is 0. The van der Waals surface area contributed by atoms with Crippen LogP contribution in [-0.2, 0) is 10.3 Å².